The smallest absolute Gasteiger partial charge is 0.326 e. The Morgan fingerprint density at radius 3 is 2.42 bits per heavy atom. The van der Waals surface area contributed by atoms with Crippen molar-refractivity contribution in [2.45, 2.75) is 37.6 Å². The molecule has 1 atom stereocenters. The van der Waals surface area contributed by atoms with Crippen LogP contribution in [0.2, 0.25) is 0 Å². The van der Waals surface area contributed by atoms with Gasteiger partial charge in [0, 0.05) is 18.5 Å². The lowest BCUT2D eigenvalue weighted by Crippen LogP contribution is -2.42. The van der Waals surface area contributed by atoms with E-state index in [-0.39, 0.29) is 17.0 Å². The highest BCUT2D eigenvalue weighted by Gasteiger charge is 2.26. The molecule has 0 bridgehead atoms. The van der Waals surface area contributed by atoms with Gasteiger partial charge in [0.2, 0.25) is 16.4 Å². The number of aryl methyl sites for hydroxylation is 1. The number of benzene rings is 1. The zero-order valence-electron chi connectivity index (χ0n) is 13.0. The molecule has 1 rings (SSSR count). The standard InChI is InChI=1S/C14H18F2N2O5S/c1-3-17-24(22,23)9-5-4-8(2)10(6-9)13(19)18-11(14(20)21)7-12(15)16/h4-6,11-12,17H,3,7H2,1-2H3,(H,18,19)(H,20,21). The number of hydrogen-bond acceptors (Lipinski definition) is 4. The molecular formula is C14H18F2N2O5S. The monoisotopic (exact) mass is 364 g/mol. The Morgan fingerprint density at radius 1 is 1.29 bits per heavy atom. The highest BCUT2D eigenvalue weighted by molar-refractivity contribution is 7.89. The van der Waals surface area contributed by atoms with Gasteiger partial charge in [0.05, 0.1) is 4.90 Å². The molecule has 7 nitrogen and oxygen atoms in total. The second-order valence-electron chi connectivity index (χ2n) is 4.97. The molecule has 1 aromatic carbocycles. The lowest BCUT2D eigenvalue weighted by molar-refractivity contribution is -0.140. The van der Waals surface area contributed by atoms with Crippen LogP contribution < -0.4 is 10.0 Å². The van der Waals surface area contributed by atoms with E-state index in [0.717, 1.165) is 6.07 Å². The van der Waals surface area contributed by atoms with Gasteiger partial charge in [-0.3, -0.25) is 4.79 Å². The maximum absolute atomic E-state index is 12.4. The first-order valence-electron chi connectivity index (χ1n) is 7.00. The van der Waals surface area contributed by atoms with Crippen LogP contribution in [0.15, 0.2) is 23.1 Å². The molecule has 0 aliphatic rings. The van der Waals surface area contributed by atoms with Crippen molar-refractivity contribution >= 4 is 21.9 Å². The molecule has 0 aromatic heterocycles. The van der Waals surface area contributed by atoms with E-state index in [9.17, 15) is 26.8 Å². The first-order valence-corrected chi connectivity index (χ1v) is 8.49. The minimum Gasteiger partial charge on any atom is -0.480 e. The molecule has 134 valence electrons. The summed E-state index contributed by atoms with van der Waals surface area (Å²) in [5.41, 5.74) is 0.277. The molecule has 10 heteroatoms. The predicted octanol–water partition coefficient (Wildman–Crippen LogP) is 1.13. The second-order valence-corrected chi connectivity index (χ2v) is 6.74. The van der Waals surface area contributed by atoms with Crippen molar-refractivity contribution in [2.75, 3.05) is 6.54 Å². The zero-order chi connectivity index (χ0) is 18.5. The Bertz CT molecular complexity index is 722. The number of aliphatic carboxylic acids is 1. The molecule has 0 saturated heterocycles. The predicted molar refractivity (Wildman–Crippen MR) is 81.6 cm³/mol. The van der Waals surface area contributed by atoms with Crippen molar-refractivity contribution in [3.8, 4) is 0 Å². The molecule has 0 spiro atoms. The summed E-state index contributed by atoms with van der Waals surface area (Å²) in [6.45, 7) is 3.25. The largest absolute Gasteiger partial charge is 0.480 e. The van der Waals surface area contributed by atoms with Gasteiger partial charge in [0.25, 0.3) is 5.91 Å². The molecule has 0 saturated carbocycles. The first-order chi connectivity index (χ1) is 11.1. The lowest BCUT2D eigenvalue weighted by Gasteiger charge is -2.15. The minimum absolute atomic E-state index is 0.102. The molecule has 3 N–H and O–H groups in total. The molecule has 0 aliphatic heterocycles. The highest BCUT2D eigenvalue weighted by atomic mass is 32.2. The van der Waals surface area contributed by atoms with Crippen LogP contribution in [0.1, 0.15) is 29.3 Å². The number of carboxylic acid groups (broad SMARTS) is 1. The molecule has 1 amide bonds. The summed E-state index contributed by atoms with van der Waals surface area (Å²) in [4.78, 5) is 22.9. The third kappa shape index (κ3) is 5.24. The van der Waals surface area contributed by atoms with Crippen molar-refractivity contribution in [1.29, 1.82) is 0 Å². The summed E-state index contributed by atoms with van der Waals surface area (Å²) >= 11 is 0. The summed E-state index contributed by atoms with van der Waals surface area (Å²) in [6, 6.07) is 1.97. The number of halogens is 2. The van der Waals surface area contributed by atoms with Gasteiger partial charge in [-0.05, 0) is 24.6 Å². The molecule has 0 heterocycles. The topological polar surface area (TPSA) is 113 Å². The summed E-state index contributed by atoms with van der Waals surface area (Å²) in [5, 5.41) is 10.9. The maximum Gasteiger partial charge on any atom is 0.326 e. The Balaban J connectivity index is 3.12. The van der Waals surface area contributed by atoms with Crippen LogP contribution in [0.4, 0.5) is 8.78 Å². The SMILES string of the molecule is CCNS(=O)(=O)c1ccc(C)c(C(=O)NC(CC(F)F)C(=O)O)c1. The number of carboxylic acids is 1. The van der Waals surface area contributed by atoms with Gasteiger partial charge in [-0.2, -0.15) is 0 Å². The number of hydrogen-bond donors (Lipinski definition) is 3. The molecule has 0 radical (unpaired) electrons. The van der Waals surface area contributed by atoms with E-state index in [1.807, 2.05) is 5.32 Å². The van der Waals surface area contributed by atoms with E-state index < -0.39 is 40.8 Å². The quantitative estimate of drug-likeness (QED) is 0.640. The fourth-order valence-corrected chi connectivity index (χ4v) is 2.99. The van der Waals surface area contributed by atoms with E-state index in [1.165, 1.54) is 19.1 Å². The normalized spacial score (nSPS) is 12.9. The summed E-state index contributed by atoms with van der Waals surface area (Å²) in [7, 11) is -3.81. The van der Waals surface area contributed by atoms with Crippen LogP contribution in [0.3, 0.4) is 0 Å². The van der Waals surface area contributed by atoms with E-state index in [4.69, 9.17) is 5.11 Å². The number of sulfonamides is 1. The van der Waals surface area contributed by atoms with Gasteiger partial charge >= 0.3 is 5.97 Å². The van der Waals surface area contributed by atoms with Crippen molar-refractivity contribution in [2.24, 2.45) is 0 Å². The summed E-state index contributed by atoms with van der Waals surface area (Å²) in [6.07, 6.45) is -3.96. The van der Waals surface area contributed by atoms with Crippen molar-refractivity contribution in [1.82, 2.24) is 10.0 Å². The fourth-order valence-electron chi connectivity index (χ4n) is 1.92. The van der Waals surface area contributed by atoms with Crippen LogP contribution in [-0.4, -0.2) is 44.4 Å². The number of nitrogens with one attached hydrogen (secondary N) is 2. The molecule has 0 fully saturated rings. The third-order valence-corrected chi connectivity index (χ3v) is 4.66. The van der Waals surface area contributed by atoms with Gasteiger partial charge in [-0.15, -0.1) is 0 Å². The molecule has 24 heavy (non-hydrogen) atoms. The Kier molecular flexibility index (Phi) is 6.79. The number of alkyl halides is 2. The average Bonchev–Trinajstić information content (AvgIpc) is 2.45. The summed E-state index contributed by atoms with van der Waals surface area (Å²) in [5.74, 6) is -2.54. The zero-order valence-corrected chi connectivity index (χ0v) is 13.9. The number of amides is 1. The molecule has 0 aliphatic carbocycles. The van der Waals surface area contributed by atoms with E-state index in [2.05, 4.69) is 4.72 Å². The van der Waals surface area contributed by atoms with Crippen LogP contribution >= 0.6 is 0 Å². The van der Waals surface area contributed by atoms with E-state index >= 15 is 0 Å². The van der Waals surface area contributed by atoms with Crippen LogP contribution in [0.25, 0.3) is 0 Å². The second kappa shape index (κ2) is 8.15. The van der Waals surface area contributed by atoms with Gasteiger partial charge in [-0.25, -0.2) is 26.7 Å². The Morgan fingerprint density at radius 2 is 1.92 bits per heavy atom. The fraction of sp³-hybridized carbons (Fsp3) is 0.429. The van der Waals surface area contributed by atoms with Crippen LogP contribution in [0, 0.1) is 6.92 Å². The van der Waals surface area contributed by atoms with Crippen molar-refractivity contribution < 1.29 is 31.9 Å². The Labute approximate surface area is 138 Å². The molecule has 1 aromatic rings. The molecular weight excluding hydrogens is 346 g/mol. The number of rotatable bonds is 8. The van der Waals surface area contributed by atoms with Gasteiger partial charge in [0.15, 0.2) is 0 Å². The maximum atomic E-state index is 12.4. The average molecular weight is 364 g/mol. The summed E-state index contributed by atoms with van der Waals surface area (Å²) < 4.78 is 50.9. The van der Waals surface area contributed by atoms with Crippen LogP contribution in [0.5, 0.6) is 0 Å². The number of carbonyl (C=O) groups excluding carboxylic acids is 1. The first kappa shape index (κ1) is 20.0. The van der Waals surface area contributed by atoms with Gasteiger partial charge < -0.3 is 10.4 Å². The van der Waals surface area contributed by atoms with E-state index in [1.54, 1.807) is 6.92 Å². The lowest BCUT2D eigenvalue weighted by atomic mass is 10.1. The third-order valence-electron chi connectivity index (χ3n) is 3.12. The van der Waals surface area contributed by atoms with Crippen molar-refractivity contribution in [3.05, 3.63) is 29.3 Å². The highest BCUT2D eigenvalue weighted by Crippen LogP contribution is 2.16. The Hall–Kier alpha value is -2.07. The van der Waals surface area contributed by atoms with Gasteiger partial charge in [0.1, 0.15) is 6.04 Å². The van der Waals surface area contributed by atoms with Gasteiger partial charge in [-0.1, -0.05) is 13.0 Å². The van der Waals surface area contributed by atoms with Crippen LogP contribution in [-0.2, 0) is 14.8 Å². The minimum atomic E-state index is -3.81. The number of carbonyl (C=O) groups is 2. The van der Waals surface area contributed by atoms with E-state index in [0.29, 0.717) is 5.56 Å². The molecule has 1 unspecified atom stereocenters. The van der Waals surface area contributed by atoms with Crippen molar-refractivity contribution in [3.63, 3.8) is 0 Å².